The first-order valence-corrected chi connectivity index (χ1v) is 8.17. The van der Waals surface area contributed by atoms with Crippen molar-refractivity contribution in [2.75, 3.05) is 17.2 Å². The van der Waals surface area contributed by atoms with Crippen molar-refractivity contribution in [2.24, 2.45) is 0 Å². The van der Waals surface area contributed by atoms with Crippen molar-refractivity contribution >= 4 is 29.3 Å². The maximum absolute atomic E-state index is 12.3. The summed E-state index contributed by atoms with van der Waals surface area (Å²) in [5, 5.41) is 9.38. The van der Waals surface area contributed by atoms with Gasteiger partial charge in [0.1, 0.15) is 5.82 Å². The van der Waals surface area contributed by atoms with Gasteiger partial charge in [0, 0.05) is 19.0 Å². The summed E-state index contributed by atoms with van der Waals surface area (Å²) < 4.78 is 6.73. The highest BCUT2D eigenvalue weighted by atomic mass is 16.5. The minimum absolute atomic E-state index is 0.0790. The molecule has 0 saturated carbocycles. The number of esters is 1. The Morgan fingerprint density at radius 2 is 1.92 bits per heavy atom. The fourth-order valence-corrected chi connectivity index (χ4v) is 2.39. The standard InChI is InChI=1S/C18H22N4O4/c1-11(2)22-15(8-9-19-22)21-16(24)10-26-18(25)14-7-5-6-12(3)17(14)20-13(4)23/h5-9,11H,10H2,1-4H3,(H,20,23)(H,21,24). The molecule has 2 aromatic rings. The fraction of sp³-hybridized carbons (Fsp3) is 0.333. The molecule has 0 spiro atoms. The molecule has 0 saturated heterocycles. The normalized spacial score (nSPS) is 10.5. The summed E-state index contributed by atoms with van der Waals surface area (Å²) in [5.74, 6) is -0.942. The first kappa shape index (κ1) is 19.2. The number of benzene rings is 1. The molecule has 1 aromatic heterocycles. The van der Waals surface area contributed by atoms with Crippen molar-refractivity contribution in [3.63, 3.8) is 0 Å². The maximum Gasteiger partial charge on any atom is 0.340 e. The van der Waals surface area contributed by atoms with Gasteiger partial charge in [0.2, 0.25) is 5.91 Å². The molecule has 0 bridgehead atoms. The van der Waals surface area contributed by atoms with E-state index in [-0.39, 0.29) is 17.5 Å². The minimum atomic E-state index is -0.690. The topological polar surface area (TPSA) is 102 Å². The van der Waals surface area contributed by atoms with Crippen LogP contribution in [0.3, 0.4) is 0 Å². The Balaban J connectivity index is 2.02. The zero-order chi connectivity index (χ0) is 19.3. The summed E-state index contributed by atoms with van der Waals surface area (Å²) in [6.45, 7) is 6.54. The van der Waals surface area contributed by atoms with E-state index < -0.39 is 18.5 Å². The number of nitrogens with zero attached hydrogens (tertiary/aromatic N) is 2. The van der Waals surface area contributed by atoms with Crippen molar-refractivity contribution in [3.8, 4) is 0 Å². The van der Waals surface area contributed by atoms with Crippen LogP contribution in [0.1, 0.15) is 42.7 Å². The minimum Gasteiger partial charge on any atom is -0.452 e. The first-order valence-electron chi connectivity index (χ1n) is 8.17. The third-order valence-electron chi connectivity index (χ3n) is 3.56. The Morgan fingerprint density at radius 3 is 2.58 bits per heavy atom. The molecule has 0 aliphatic carbocycles. The number of hydrogen-bond donors (Lipinski definition) is 2. The third-order valence-corrected chi connectivity index (χ3v) is 3.56. The fourth-order valence-electron chi connectivity index (χ4n) is 2.39. The van der Waals surface area contributed by atoms with Gasteiger partial charge in [0.05, 0.1) is 17.4 Å². The molecule has 2 amide bonds. The number of para-hydroxylation sites is 1. The Morgan fingerprint density at radius 1 is 1.19 bits per heavy atom. The Kier molecular flexibility index (Phi) is 6.11. The van der Waals surface area contributed by atoms with Crippen molar-refractivity contribution in [1.29, 1.82) is 0 Å². The Hall–Kier alpha value is -3.16. The Labute approximate surface area is 151 Å². The van der Waals surface area contributed by atoms with E-state index in [1.807, 2.05) is 13.8 Å². The smallest absolute Gasteiger partial charge is 0.340 e. The van der Waals surface area contributed by atoms with E-state index in [2.05, 4.69) is 15.7 Å². The molecule has 0 aliphatic rings. The van der Waals surface area contributed by atoms with Crippen LogP contribution in [-0.4, -0.2) is 34.2 Å². The molecule has 2 rings (SSSR count). The molecule has 0 fully saturated rings. The van der Waals surface area contributed by atoms with E-state index in [0.29, 0.717) is 11.5 Å². The number of carbonyl (C=O) groups is 3. The molecule has 26 heavy (non-hydrogen) atoms. The van der Waals surface area contributed by atoms with E-state index in [0.717, 1.165) is 5.56 Å². The van der Waals surface area contributed by atoms with Crippen LogP contribution in [0.15, 0.2) is 30.5 Å². The van der Waals surface area contributed by atoms with Crippen LogP contribution in [0.2, 0.25) is 0 Å². The number of aryl methyl sites for hydroxylation is 1. The largest absolute Gasteiger partial charge is 0.452 e. The third kappa shape index (κ3) is 4.69. The number of ether oxygens (including phenoxy) is 1. The second-order valence-corrected chi connectivity index (χ2v) is 6.06. The number of nitrogens with one attached hydrogen (secondary N) is 2. The zero-order valence-electron chi connectivity index (χ0n) is 15.2. The van der Waals surface area contributed by atoms with E-state index in [1.54, 1.807) is 36.0 Å². The quantitative estimate of drug-likeness (QED) is 0.773. The maximum atomic E-state index is 12.3. The number of hydrogen-bond acceptors (Lipinski definition) is 5. The number of rotatable bonds is 6. The van der Waals surface area contributed by atoms with Gasteiger partial charge in [0.25, 0.3) is 5.91 Å². The van der Waals surface area contributed by atoms with Gasteiger partial charge < -0.3 is 15.4 Å². The van der Waals surface area contributed by atoms with Gasteiger partial charge >= 0.3 is 5.97 Å². The summed E-state index contributed by atoms with van der Waals surface area (Å²) in [6, 6.07) is 6.72. The summed E-state index contributed by atoms with van der Waals surface area (Å²) in [5.41, 5.74) is 1.29. The highest BCUT2D eigenvalue weighted by molar-refractivity contribution is 6.02. The van der Waals surface area contributed by atoms with Gasteiger partial charge in [-0.05, 0) is 32.4 Å². The predicted octanol–water partition coefficient (Wildman–Crippen LogP) is 2.53. The second-order valence-electron chi connectivity index (χ2n) is 6.06. The summed E-state index contributed by atoms with van der Waals surface area (Å²) in [6.07, 6.45) is 1.58. The molecular weight excluding hydrogens is 336 g/mol. The summed E-state index contributed by atoms with van der Waals surface area (Å²) in [7, 11) is 0. The van der Waals surface area contributed by atoms with Gasteiger partial charge in [0.15, 0.2) is 6.61 Å². The molecular formula is C18H22N4O4. The average molecular weight is 358 g/mol. The highest BCUT2D eigenvalue weighted by Crippen LogP contribution is 2.21. The SMILES string of the molecule is CC(=O)Nc1c(C)cccc1C(=O)OCC(=O)Nc1ccnn1C(C)C. The summed E-state index contributed by atoms with van der Waals surface area (Å²) in [4.78, 5) is 35.7. The van der Waals surface area contributed by atoms with Crippen LogP contribution in [0, 0.1) is 6.92 Å². The van der Waals surface area contributed by atoms with Gasteiger partial charge in [-0.1, -0.05) is 12.1 Å². The monoisotopic (exact) mass is 358 g/mol. The van der Waals surface area contributed by atoms with Gasteiger partial charge in [-0.3, -0.25) is 9.59 Å². The molecule has 0 aliphatic heterocycles. The summed E-state index contributed by atoms with van der Waals surface area (Å²) >= 11 is 0. The van der Waals surface area contributed by atoms with Crippen molar-refractivity contribution in [1.82, 2.24) is 9.78 Å². The van der Waals surface area contributed by atoms with Crippen LogP contribution in [0.25, 0.3) is 0 Å². The lowest BCUT2D eigenvalue weighted by molar-refractivity contribution is -0.119. The van der Waals surface area contributed by atoms with E-state index in [1.165, 1.54) is 13.0 Å². The Bertz CT molecular complexity index is 826. The van der Waals surface area contributed by atoms with Crippen LogP contribution in [0.5, 0.6) is 0 Å². The zero-order valence-corrected chi connectivity index (χ0v) is 15.2. The molecule has 2 N–H and O–H groups in total. The lowest BCUT2D eigenvalue weighted by Gasteiger charge is -2.13. The average Bonchev–Trinajstić information content (AvgIpc) is 3.02. The van der Waals surface area contributed by atoms with E-state index >= 15 is 0 Å². The number of amides is 2. The number of anilines is 2. The number of carbonyl (C=O) groups excluding carboxylic acids is 3. The van der Waals surface area contributed by atoms with Crippen LogP contribution in [0.4, 0.5) is 11.5 Å². The van der Waals surface area contributed by atoms with Crippen molar-refractivity contribution < 1.29 is 19.1 Å². The molecule has 0 radical (unpaired) electrons. The van der Waals surface area contributed by atoms with Gasteiger partial charge in [-0.15, -0.1) is 0 Å². The molecule has 138 valence electrons. The van der Waals surface area contributed by atoms with Gasteiger partial charge in [-0.2, -0.15) is 5.10 Å². The molecule has 8 nitrogen and oxygen atoms in total. The predicted molar refractivity (Wildman–Crippen MR) is 97.0 cm³/mol. The molecule has 0 unspecified atom stereocenters. The lowest BCUT2D eigenvalue weighted by atomic mass is 10.1. The molecule has 1 aromatic carbocycles. The molecule has 8 heteroatoms. The molecule has 1 heterocycles. The second kappa shape index (κ2) is 8.28. The lowest BCUT2D eigenvalue weighted by Crippen LogP contribution is -2.23. The van der Waals surface area contributed by atoms with E-state index in [4.69, 9.17) is 4.74 Å². The molecule has 0 atom stereocenters. The van der Waals surface area contributed by atoms with Gasteiger partial charge in [-0.25, -0.2) is 9.48 Å². The van der Waals surface area contributed by atoms with E-state index in [9.17, 15) is 14.4 Å². The van der Waals surface area contributed by atoms with Crippen LogP contribution in [-0.2, 0) is 14.3 Å². The highest BCUT2D eigenvalue weighted by Gasteiger charge is 2.17. The van der Waals surface area contributed by atoms with Crippen LogP contribution >= 0.6 is 0 Å². The first-order chi connectivity index (χ1) is 12.3. The van der Waals surface area contributed by atoms with Crippen LogP contribution < -0.4 is 10.6 Å². The number of aromatic nitrogens is 2. The van der Waals surface area contributed by atoms with Crippen molar-refractivity contribution in [3.05, 3.63) is 41.6 Å². The van der Waals surface area contributed by atoms with Crippen molar-refractivity contribution in [2.45, 2.75) is 33.7 Å².